The van der Waals surface area contributed by atoms with Gasteiger partial charge in [-0.15, -0.1) is 0 Å². The summed E-state index contributed by atoms with van der Waals surface area (Å²) in [7, 11) is 1.47. The highest BCUT2D eigenvalue weighted by Gasteiger charge is 2.17. The largest absolute Gasteiger partial charge is 0.330 e. The second kappa shape index (κ2) is 11.1. The minimum absolute atomic E-state index is 0.259. The van der Waals surface area contributed by atoms with Gasteiger partial charge in [-0.05, 0) is 31.2 Å². The van der Waals surface area contributed by atoms with Crippen LogP contribution < -0.4 is 5.73 Å². The lowest BCUT2D eigenvalue weighted by Gasteiger charge is -2.19. The zero-order chi connectivity index (χ0) is 13.0. The van der Waals surface area contributed by atoms with Crippen LogP contribution in [0.1, 0.15) is 32.1 Å². The molecule has 0 saturated heterocycles. The molecule has 0 rings (SSSR count). The van der Waals surface area contributed by atoms with Crippen molar-refractivity contribution in [2.75, 3.05) is 26.9 Å². The maximum absolute atomic E-state index is 8.39. The molecule has 5 nitrogen and oxygen atoms in total. The van der Waals surface area contributed by atoms with Crippen LogP contribution in [0.4, 0.5) is 0 Å². The van der Waals surface area contributed by atoms with Crippen molar-refractivity contribution in [2.24, 2.45) is 5.73 Å². The molecule has 17 heavy (non-hydrogen) atoms. The molecule has 0 bridgehead atoms. The van der Waals surface area contributed by atoms with Gasteiger partial charge < -0.3 is 19.3 Å². The fraction of sp³-hybridized carbons (Fsp3) is 0.900. The van der Waals surface area contributed by atoms with E-state index in [1.54, 1.807) is 0 Å². The first kappa shape index (κ1) is 17.0. The molecule has 0 saturated carbocycles. The van der Waals surface area contributed by atoms with Crippen molar-refractivity contribution in [1.82, 2.24) is 0 Å². The zero-order valence-electron chi connectivity index (χ0n) is 10.3. The van der Waals surface area contributed by atoms with Gasteiger partial charge in [0.2, 0.25) is 0 Å². The Morgan fingerprint density at radius 2 is 1.82 bits per heavy atom. The number of hydrogen-bond acceptors (Lipinski definition) is 6. The number of nitrogens with zero attached hydrogens (tertiary/aromatic N) is 1. The highest BCUT2D eigenvalue weighted by molar-refractivity contribution is 8.07. The van der Waals surface area contributed by atoms with Crippen molar-refractivity contribution in [3.63, 3.8) is 0 Å². The summed E-state index contributed by atoms with van der Waals surface area (Å²) in [5.41, 5.74) is 5.39. The fourth-order valence-corrected chi connectivity index (χ4v) is 2.52. The molecule has 0 aromatic carbocycles. The van der Waals surface area contributed by atoms with E-state index in [4.69, 9.17) is 36.4 Å². The fourth-order valence-electron chi connectivity index (χ4n) is 1.12. The van der Waals surface area contributed by atoms with Gasteiger partial charge in [-0.1, -0.05) is 12.8 Å². The Kier molecular flexibility index (Phi) is 11.1. The molecule has 7 heteroatoms. The summed E-state index contributed by atoms with van der Waals surface area (Å²) >= 11 is 5.13. The van der Waals surface area contributed by atoms with E-state index < -0.39 is 6.72 Å². The maximum atomic E-state index is 8.39. The molecule has 1 atom stereocenters. The quantitative estimate of drug-likeness (QED) is 0.462. The summed E-state index contributed by atoms with van der Waals surface area (Å²) in [4.78, 5) is 0. The SMILES string of the molecule is COP(=S)(OCCC#N)OCCCCCCN. The molecule has 0 aliphatic heterocycles. The van der Waals surface area contributed by atoms with E-state index in [1.807, 2.05) is 6.07 Å². The standard InChI is InChI=1S/C10H21N2O3PS/c1-13-16(17,15-10-6-8-12)14-9-5-3-2-4-7-11/h2-7,9-11H2,1H3. The van der Waals surface area contributed by atoms with Crippen LogP contribution in [0, 0.1) is 11.3 Å². The molecule has 0 aromatic rings. The molecule has 1 unspecified atom stereocenters. The molecule has 0 spiro atoms. The first-order valence-corrected chi connectivity index (χ1v) is 8.26. The number of unbranched alkanes of at least 4 members (excludes halogenated alkanes) is 3. The summed E-state index contributed by atoms with van der Waals surface area (Å²) in [6, 6.07) is 1.98. The van der Waals surface area contributed by atoms with Gasteiger partial charge in [0.05, 0.1) is 25.7 Å². The van der Waals surface area contributed by atoms with E-state index in [2.05, 4.69) is 0 Å². The van der Waals surface area contributed by atoms with Crippen LogP contribution >= 0.6 is 6.72 Å². The van der Waals surface area contributed by atoms with Gasteiger partial charge in [-0.2, -0.15) is 5.26 Å². The van der Waals surface area contributed by atoms with Gasteiger partial charge in [-0.25, -0.2) is 0 Å². The smallest absolute Gasteiger partial charge is 0.326 e. The van der Waals surface area contributed by atoms with Crippen molar-refractivity contribution in [3.05, 3.63) is 0 Å². The van der Waals surface area contributed by atoms with Gasteiger partial charge in [0, 0.05) is 7.11 Å². The molecule has 0 aliphatic carbocycles. The summed E-state index contributed by atoms with van der Waals surface area (Å²) in [5, 5.41) is 8.39. The van der Waals surface area contributed by atoms with Crippen molar-refractivity contribution in [3.8, 4) is 6.07 Å². The molecular weight excluding hydrogens is 259 g/mol. The van der Waals surface area contributed by atoms with E-state index in [-0.39, 0.29) is 6.61 Å². The van der Waals surface area contributed by atoms with Crippen LogP contribution in [-0.2, 0) is 25.4 Å². The molecule has 0 heterocycles. The van der Waals surface area contributed by atoms with E-state index >= 15 is 0 Å². The van der Waals surface area contributed by atoms with Crippen LogP contribution in [0.25, 0.3) is 0 Å². The molecule has 0 fully saturated rings. The normalized spacial score (nSPS) is 14.2. The summed E-state index contributed by atoms with van der Waals surface area (Å²) in [5.74, 6) is 0. The first-order chi connectivity index (χ1) is 8.18. The summed E-state index contributed by atoms with van der Waals surface area (Å²) < 4.78 is 15.8. The van der Waals surface area contributed by atoms with Crippen LogP contribution in [0.3, 0.4) is 0 Å². The third-order valence-corrected chi connectivity index (χ3v) is 4.56. The minimum Gasteiger partial charge on any atom is -0.330 e. The van der Waals surface area contributed by atoms with Crippen LogP contribution in [0.2, 0.25) is 0 Å². The average molecular weight is 280 g/mol. The van der Waals surface area contributed by atoms with Crippen LogP contribution in [0.5, 0.6) is 0 Å². The summed E-state index contributed by atoms with van der Waals surface area (Å²) in [6.07, 6.45) is 4.42. The van der Waals surface area contributed by atoms with Crippen molar-refractivity contribution in [1.29, 1.82) is 5.26 Å². The Hall–Kier alpha value is -0.0200. The number of nitriles is 1. The van der Waals surface area contributed by atoms with Gasteiger partial charge >= 0.3 is 6.72 Å². The minimum atomic E-state index is -2.63. The third kappa shape index (κ3) is 9.66. The highest BCUT2D eigenvalue weighted by atomic mass is 32.5. The Bertz CT molecular complexity index is 271. The zero-order valence-corrected chi connectivity index (χ0v) is 12.0. The van der Waals surface area contributed by atoms with E-state index in [0.717, 1.165) is 32.2 Å². The second-order valence-electron chi connectivity index (χ2n) is 3.41. The maximum Gasteiger partial charge on any atom is 0.326 e. The predicted molar refractivity (Wildman–Crippen MR) is 71.0 cm³/mol. The van der Waals surface area contributed by atoms with Gasteiger partial charge in [0.1, 0.15) is 0 Å². The van der Waals surface area contributed by atoms with Crippen LogP contribution in [0.15, 0.2) is 0 Å². The monoisotopic (exact) mass is 280 g/mol. The predicted octanol–water partition coefficient (Wildman–Crippen LogP) is 2.32. The van der Waals surface area contributed by atoms with Crippen molar-refractivity contribution >= 4 is 18.5 Å². The first-order valence-electron chi connectivity index (χ1n) is 5.70. The highest BCUT2D eigenvalue weighted by Crippen LogP contribution is 2.49. The molecule has 2 N–H and O–H groups in total. The number of hydrogen-bond donors (Lipinski definition) is 1. The second-order valence-corrected chi connectivity index (χ2v) is 6.52. The Balaban J connectivity index is 3.65. The van der Waals surface area contributed by atoms with Gasteiger partial charge in [0.25, 0.3) is 0 Å². The molecule has 0 aromatic heterocycles. The van der Waals surface area contributed by atoms with E-state index in [9.17, 15) is 0 Å². The number of nitrogens with two attached hydrogens (primary N) is 1. The molecule has 100 valence electrons. The Morgan fingerprint density at radius 1 is 1.18 bits per heavy atom. The molecule has 0 aliphatic rings. The Labute approximate surface area is 108 Å². The lowest BCUT2D eigenvalue weighted by atomic mass is 10.2. The van der Waals surface area contributed by atoms with Gasteiger partial charge in [-0.3, -0.25) is 0 Å². The van der Waals surface area contributed by atoms with E-state index in [1.165, 1.54) is 7.11 Å². The van der Waals surface area contributed by atoms with Gasteiger partial charge in [0.15, 0.2) is 0 Å². The van der Waals surface area contributed by atoms with E-state index in [0.29, 0.717) is 13.0 Å². The average Bonchev–Trinajstić information content (AvgIpc) is 2.34. The number of rotatable bonds is 11. The molecule has 0 radical (unpaired) electrons. The Morgan fingerprint density at radius 3 is 2.41 bits per heavy atom. The molecule has 0 amide bonds. The summed E-state index contributed by atoms with van der Waals surface area (Å²) in [6.45, 7) is -1.11. The van der Waals surface area contributed by atoms with Crippen molar-refractivity contribution in [2.45, 2.75) is 32.1 Å². The third-order valence-electron chi connectivity index (χ3n) is 2.03. The van der Waals surface area contributed by atoms with Crippen LogP contribution in [-0.4, -0.2) is 26.9 Å². The lowest BCUT2D eigenvalue weighted by Crippen LogP contribution is -2.01. The molecular formula is C10H21N2O3PS. The van der Waals surface area contributed by atoms with Crippen molar-refractivity contribution < 1.29 is 13.6 Å². The topological polar surface area (TPSA) is 77.5 Å². The lowest BCUT2D eigenvalue weighted by molar-refractivity contribution is 0.177.